The van der Waals surface area contributed by atoms with E-state index in [1.165, 1.54) is 19.3 Å². The van der Waals surface area contributed by atoms with Crippen molar-refractivity contribution in [3.63, 3.8) is 0 Å². The van der Waals surface area contributed by atoms with Crippen molar-refractivity contribution >= 4 is 11.6 Å². The molecule has 5 heteroatoms. The fourth-order valence-corrected chi connectivity index (χ4v) is 3.92. The molecular formula is C15H16ClN3O. The van der Waals surface area contributed by atoms with Crippen molar-refractivity contribution in [3.8, 4) is 11.4 Å². The Balaban J connectivity index is 1.64. The molecule has 1 heterocycles. The van der Waals surface area contributed by atoms with Crippen molar-refractivity contribution in [1.29, 1.82) is 0 Å². The summed E-state index contributed by atoms with van der Waals surface area (Å²) in [6.45, 7) is 0. The predicted molar refractivity (Wildman–Crippen MR) is 76.3 cm³/mol. The van der Waals surface area contributed by atoms with E-state index >= 15 is 0 Å². The molecule has 0 amide bonds. The summed E-state index contributed by atoms with van der Waals surface area (Å²) in [4.78, 5) is 4.56. The van der Waals surface area contributed by atoms with Crippen LogP contribution in [0, 0.1) is 11.8 Å². The molecule has 1 aromatic heterocycles. The number of rotatable bonds is 2. The number of hydrogen-bond donors (Lipinski definition) is 1. The van der Waals surface area contributed by atoms with E-state index in [2.05, 4.69) is 10.1 Å². The molecule has 2 saturated carbocycles. The van der Waals surface area contributed by atoms with Gasteiger partial charge < -0.3 is 10.3 Å². The van der Waals surface area contributed by atoms with Crippen LogP contribution in [-0.4, -0.2) is 16.2 Å². The van der Waals surface area contributed by atoms with E-state index in [0.717, 1.165) is 5.56 Å². The van der Waals surface area contributed by atoms with Gasteiger partial charge in [-0.2, -0.15) is 4.98 Å². The summed E-state index contributed by atoms with van der Waals surface area (Å²) in [5.74, 6) is 2.81. The predicted octanol–water partition coefficient (Wildman–Crippen LogP) is 3.23. The van der Waals surface area contributed by atoms with Crippen LogP contribution >= 0.6 is 11.6 Å². The number of hydrogen-bond acceptors (Lipinski definition) is 4. The second kappa shape index (κ2) is 4.57. The van der Waals surface area contributed by atoms with Crippen LogP contribution in [0.4, 0.5) is 0 Å². The maximum Gasteiger partial charge on any atom is 0.231 e. The van der Waals surface area contributed by atoms with Crippen molar-refractivity contribution in [2.24, 2.45) is 17.6 Å². The monoisotopic (exact) mass is 289 g/mol. The molecule has 0 spiro atoms. The molecule has 4 atom stereocenters. The number of halogens is 1. The third-order valence-electron chi connectivity index (χ3n) is 4.81. The molecule has 2 bridgehead atoms. The Kier molecular flexibility index (Phi) is 2.82. The Morgan fingerprint density at radius 3 is 2.60 bits per heavy atom. The van der Waals surface area contributed by atoms with Crippen molar-refractivity contribution < 1.29 is 4.52 Å². The Hall–Kier alpha value is -1.39. The Labute approximate surface area is 122 Å². The average molecular weight is 290 g/mol. The van der Waals surface area contributed by atoms with Gasteiger partial charge in [0.2, 0.25) is 11.7 Å². The number of nitrogens with zero attached hydrogens (tertiary/aromatic N) is 2. The number of nitrogens with two attached hydrogens (primary N) is 1. The SMILES string of the molecule is NC1C2CCC(C2)C1c1nc(-c2ccc(Cl)cc2)no1. The molecule has 4 rings (SSSR count). The van der Waals surface area contributed by atoms with Crippen LogP contribution in [0.1, 0.15) is 31.1 Å². The van der Waals surface area contributed by atoms with Gasteiger partial charge >= 0.3 is 0 Å². The normalized spacial score (nSPS) is 31.9. The van der Waals surface area contributed by atoms with E-state index in [1.54, 1.807) is 0 Å². The third-order valence-corrected chi connectivity index (χ3v) is 5.06. The number of aromatic nitrogens is 2. The van der Waals surface area contributed by atoms with E-state index in [1.807, 2.05) is 24.3 Å². The smallest absolute Gasteiger partial charge is 0.231 e. The fourth-order valence-electron chi connectivity index (χ4n) is 3.79. The van der Waals surface area contributed by atoms with Gasteiger partial charge in [-0.3, -0.25) is 0 Å². The molecule has 4 unspecified atom stereocenters. The van der Waals surface area contributed by atoms with E-state index < -0.39 is 0 Å². The first-order chi connectivity index (χ1) is 9.72. The molecule has 0 saturated heterocycles. The van der Waals surface area contributed by atoms with Gasteiger partial charge in [0, 0.05) is 16.6 Å². The molecule has 2 aromatic rings. The molecule has 1 aromatic carbocycles. The van der Waals surface area contributed by atoms with Gasteiger partial charge in [-0.1, -0.05) is 16.8 Å². The zero-order valence-corrected chi connectivity index (χ0v) is 11.8. The summed E-state index contributed by atoms with van der Waals surface area (Å²) in [5, 5.41) is 4.80. The standard InChI is InChI=1S/C15H16ClN3O/c16-11-5-3-8(4-6-11)14-18-15(20-19-14)12-9-1-2-10(7-9)13(12)17/h3-6,9-10,12-13H,1-2,7,17H2. The van der Waals surface area contributed by atoms with Gasteiger partial charge in [0.15, 0.2) is 0 Å². The van der Waals surface area contributed by atoms with Crippen molar-refractivity contribution in [1.82, 2.24) is 10.1 Å². The van der Waals surface area contributed by atoms with E-state index in [0.29, 0.717) is 28.6 Å². The molecule has 0 radical (unpaired) electrons. The molecule has 2 aliphatic rings. The summed E-state index contributed by atoms with van der Waals surface area (Å²) in [7, 11) is 0. The molecule has 4 nitrogen and oxygen atoms in total. The third kappa shape index (κ3) is 1.86. The quantitative estimate of drug-likeness (QED) is 0.922. The van der Waals surface area contributed by atoms with Crippen molar-refractivity contribution in [2.45, 2.75) is 31.2 Å². The summed E-state index contributed by atoms with van der Waals surface area (Å²) >= 11 is 5.89. The Bertz CT molecular complexity index is 622. The maximum absolute atomic E-state index is 6.32. The van der Waals surface area contributed by atoms with Crippen LogP contribution in [0.5, 0.6) is 0 Å². The van der Waals surface area contributed by atoms with Gasteiger partial charge in [-0.15, -0.1) is 0 Å². The first-order valence-corrected chi connectivity index (χ1v) is 7.45. The summed E-state index contributed by atoms with van der Waals surface area (Å²) in [6.07, 6.45) is 3.70. The minimum Gasteiger partial charge on any atom is -0.339 e. The van der Waals surface area contributed by atoms with Crippen LogP contribution < -0.4 is 5.73 Å². The molecule has 104 valence electrons. The van der Waals surface area contributed by atoms with Crippen molar-refractivity contribution in [3.05, 3.63) is 35.2 Å². The minimum absolute atomic E-state index is 0.173. The van der Waals surface area contributed by atoms with Crippen LogP contribution in [-0.2, 0) is 0 Å². The van der Waals surface area contributed by atoms with Gasteiger partial charge in [0.05, 0.1) is 5.92 Å². The molecule has 2 aliphatic carbocycles. The second-order valence-electron chi connectivity index (χ2n) is 5.90. The van der Waals surface area contributed by atoms with E-state index in [-0.39, 0.29) is 12.0 Å². The van der Waals surface area contributed by atoms with E-state index in [9.17, 15) is 0 Å². The summed E-state index contributed by atoms with van der Waals surface area (Å²) < 4.78 is 5.48. The van der Waals surface area contributed by atoms with Crippen LogP contribution in [0.2, 0.25) is 5.02 Å². The van der Waals surface area contributed by atoms with Gasteiger partial charge in [-0.25, -0.2) is 0 Å². The average Bonchev–Trinajstić information content (AvgIpc) is 3.14. The zero-order chi connectivity index (χ0) is 13.7. The number of benzene rings is 1. The Morgan fingerprint density at radius 1 is 1.15 bits per heavy atom. The van der Waals surface area contributed by atoms with Crippen LogP contribution in [0.3, 0.4) is 0 Å². The second-order valence-corrected chi connectivity index (χ2v) is 6.34. The largest absolute Gasteiger partial charge is 0.339 e. The van der Waals surface area contributed by atoms with Crippen LogP contribution in [0.25, 0.3) is 11.4 Å². The topological polar surface area (TPSA) is 64.9 Å². The lowest BCUT2D eigenvalue weighted by Crippen LogP contribution is -2.34. The maximum atomic E-state index is 6.32. The highest BCUT2D eigenvalue weighted by Crippen LogP contribution is 2.51. The van der Waals surface area contributed by atoms with Crippen molar-refractivity contribution in [2.75, 3.05) is 0 Å². The number of fused-ring (bicyclic) bond motifs is 2. The van der Waals surface area contributed by atoms with Gasteiger partial charge in [-0.05, 0) is 55.4 Å². The lowest BCUT2D eigenvalue weighted by Gasteiger charge is -2.24. The highest BCUT2D eigenvalue weighted by Gasteiger charge is 2.48. The molecule has 20 heavy (non-hydrogen) atoms. The van der Waals surface area contributed by atoms with E-state index in [4.69, 9.17) is 21.9 Å². The molecule has 2 fully saturated rings. The fraction of sp³-hybridized carbons (Fsp3) is 0.467. The summed E-state index contributed by atoms with van der Waals surface area (Å²) in [6, 6.07) is 7.63. The Morgan fingerprint density at radius 2 is 1.90 bits per heavy atom. The highest BCUT2D eigenvalue weighted by atomic mass is 35.5. The van der Waals surface area contributed by atoms with Gasteiger partial charge in [0.25, 0.3) is 0 Å². The molecule has 2 N–H and O–H groups in total. The highest BCUT2D eigenvalue weighted by molar-refractivity contribution is 6.30. The zero-order valence-electron chi connectivity index (χ0n) is 11.0. The minimum atomic E-state index is 0.173. The summed E-state index contributed by atoms with van der Waals surface area (Å²) in [5.41, 5.74) is 7.24. The lowest BCUT2D eigenvalue weighted by atomic mass is 9.85. The first kappa shape index (κ1) is 12.4. The molecular weight excluding hydrogens is 274 g/mol. The first-order valence-electron chi connectivity index (χ1n) is 7.07. The molecule has 0 aliphatic heterocycles. The van der Waals surface area contributed by atoms with Gasteiger partial charge in [0.1, 0.15) is 0 Å². The lowest BCUT2D eigenvalue weighted by molar-refractivity contribution is 0.279. The van der Waals surface area contributed by atoms with Crippen LogP contribution in [0.15, 0.2) is 28.8 Å².